The summed E-state index contributed by atoms with van der Waals surface area (Å²) in [5.41, 5.74) is 1.78. The Labute approximate surface area is 112 Å². The Balaban J connectivity index is 1.87. The lowest BCUT2D eigenvalue weighted by atomic mass is 10.2. The number of carbonyl (C=O) groups is 1. The first-order valence-corrected chi connectivity index (χ1v) is 7.67. The van der Waals surface area contributed by atoms with Crippen molar-refractivity contribution in [2.24, 2.45) is 0 Å². The second-order valence-corrected chi connectivity index (χ2v) is 6.45. The molecule has 0 fully saturated rings. The summed E-state index contributed by atoms with van der Waals surface area (Å²) in [6, 6.07) is 7.30. The maximum atomic E-state index is 11.2. The molecule has 0 aromatic heterocycles. The van der Waals surface area contributed by atoms with Crippen LogP contribution in [0.1, 0.15) is 12.5 Å². The first-order chi connectivity index (χ1) is 8.94. The number of benzene rings is 1. The number of hydrogen-bond acceptors (Lipinski definition) is 4. The molecule has 0 bridgehead atoms. The lowest BCUT2D eigenvalue weighted by Gasteiger charge is -2.10. The summed E-state index contributed by atoms with van der Waals surface area (Å²) in [6.07, 6.45) is 1.67. The van der Waals surface area contributed by atoms with Crippen molar-refractivity contribution >= 4 is 21.4 Å². The smallest absolute Gasteiger partial charge is 0.221 e. The van der Waals surface area contributed by atoms with E-state index in [0.717, 1.165) is 11.3 Å². The van der Waals surface area contributed by atoms with E-state index in [1.165, 1.54) is 12.3 Å². The highest BCUT2D eigenvalue weighted by Gasteiger charge is 2.20. The fraction of sp³-hybridized carbons (Fsp3) is 0.308. The van der Waals surface area contributed by atoms with Gasteiger partial charge >= 0.3 is 0 Å². The summed E-state index contributed by atoms with van der Waals surface area (Å²) in [6.45, 7) is 2.05. The van der Waals surface area contributed by atoms with Gasteiger partial charge in [0.05, 0.1) is 5.75 Å². The molecule has 1 aromatic carbocycles. The Bertz CT molecular complexity index is 591. The maximum absolute atomic E-state index is 11.2. The van der Waals surface area contributed by atoms with Crippen molar-refractivity contribution in [3.8, 4) is 0 Å². The molecule has 1 aliphatic rings. The maximum Gasteiger partial charge on any atom is 0.221 e. The molecule has 2 N–H and O–H groups in total. The summed E-state index contributed by atoms with van der Waals surface area (Å²) in [7, 11) is -3.01. The van der Waals surface area contributed by atoms with E-state index in [1.54, 1.807) is 6.08 Å². The van der Waals surface area contributed by atoms with Crippen LogP contribution in [0, 0.1) is 0 Å². The van der Waals surface area contributed by atoms with Gasteiger partial charge in [-0.3, -0.25) is 4.79 Å². The number of nitrogens with one attached hydrogen (secondary N) is 2. The zero-order valence-electron chi connectivity index (χ0n) is 10.6. The van der Waals surface area contributed by atoms with Crippen LogP contribution in [0.5, 0.6) is 0 Å². The Hall–Kier alpha value is -1.66. The van der Waals surface area contributed by atoms with Gasteiger partial charge in [-0.25, -0.2) is 8.42 Å². The summed E-state index contributed by atoms with van der Waals surface area (Å²) >= 11 is 0. The van der Waals surface area contributed by atoms with Gasteiger partial charge < -0.3 is 10.6 Å². The lowest BCUT2D eigenvalue weighted by molar-refractivity contribution is -0.114. The van der Waals surface area contributed by atoms with Crippen LogP contribution in [0.4, 0.5) is 5.69 Å². The number of amides is 1. The predicted molar refractivity (Wildman–Crippen MR) is 74.3 cm³/mol. The molecule has 6 heteroatoms. The molecule has 1 amide bonds. The highest BCUT2D eigenvalue weighted by atomic mass is 32.2. The number of rotatable bonds is 4. The van der Waals surface area contributed by atoms with E-state index in [0.29, 0.717) is 6.54 Å². The highest BCUT2D eigenvalue weighted by Crippen LogP contribution is 2.11. The molecule has 1 heterocycles. The largest absolute Gasteiger partial charge is 0.326 e. The van der Waals surface area contributed by atoms with Crippen LogP contribution in [-0.2, 0) is 21.2 Å². The summed E-state index contributed by atoms with van der Waals surface area (Å²) in [4.78, 5) is 10.9. The molecule has 0 saturated carbocycles. The molecule has 0 aliphatic carbocycles. The van der Waals surface area contributed by atoms with Crippen molar-refractivity contribution in [1.82, 2.24) is 5.32 Å². The average Bonchev–Trinajstić information content (AvgIpc) is 2.67. The van der Waals surface area contributed by atoms with Gasteiger partial charge in [-0.15, -0.1) is 0 Å². The lowest BCUT2D eigenvalue weighted by Crippen LogP contribution is -2.29. The Morgan fingerprint density at radius 1 is 1.32 bits per heavy atom. The zero-order chi connectivity index (χ0) is 13.9. The van der Waals surface area contributed by atoms with E-state index in [-0.39, 0.29) is 17.7 Å². The van der Waals surface area contributed by atoms with Gasteiger partial charge in [0, 0.05) is 30.6 Å². The minimum Gasteiger partial charge on any atom is -0.326 e. The molecule has 0 saturated heterocycles. The second-order valence-electron chi connectivity index (χ2n) is 4.52. The quantitative estimate of drug-likeness (QED) is 0.864. The molecular weight excluding hydrogens is 264 g/mol. The van der Waals surface area contributed by atoms with Gasteiger partial charge in [-0.1, -0.05) is 18.2 Å². The monoisotopic (exact) mass is 280 g/mol. The van der Waals surface area contributed by atoms with E-state index in [1.807, 2.05) is 24.3 Å². The molecule has 5 nitrogen and oxygen atoms in total. The van der Waals surface area contributed by atoms with Gasteiger partial charge in [-0.05, 0) is 17.7 Å². The summed E-state index contributed by atoms with van der Waals surface area (Å²) < 4.78 is 22.5. The highest BCUT2D eigenvalue weighted by molar-refractivity contribution is 7.94. The van der Waals surface area contributed by atoms with Crippen LogP contribution < -0.4 is 10.6 Å². The molecule has 1 aromatic rings. The number of sulfone groups is 1. The predicted octanol–water partition coefficient (Wildman–Crippen LogP) is 1.05. The van der Waals surface area contributed by atoms with E-state index in [4.69, 9.17) is 0 Å². The number of hydrogen-bond donors (Lipinski definition) is 2. The zero-order valence-corrected chi connectivity index (χ0v) is 11.4. The topological polar surface area (TPSA) is 75.3 Å². The van der Waals surface area contributed by atoms with E-state index in [2.05, 4.69) is 10.6 Å². The third-order valence-electron chi connectivity index (χ3n) is 2.77. The molecule has 1 aliphatic heterocycles. The fourth-order valence-corrected chi connectivity index (χ4v) is 3.13. The van der Waals surface area contributed by atoms with Crippen LogP contribution >= 0.6 is 0 Å². The van der Waals surface area contributed by atoms with Gasteiger partial charge in [0.15, 0.2) is 9.84 Å². The second kappa shape index (κ2) is 5.54. The third-order valence-corrected chi connectivity index (χ3v) is 4.17. The van der Waals surface area contributed by atoms with E-state index >= 15 is 0 Å². The Kier molecular flexibility index (Phi) is 4.01. The third kappa shape index (κ3) is 4.18. The van der Waals surface area contributed by atoms with Crippen LogP contribution in [0.2, 0.25) is 0 Å². The Morgan fingerprint density at radius 3 is 2.53 bits per heavy atom. The standard InChI is InChI=1S/C13H16N2O3S/c1-10(16)15-12-4-2-11(3-5-12)8-14-13-6-7-19(17,18)9-13/h2-7,13-14H,8-9H2,1H3,(H,15,16). The Morgan fingerprint density at radius 2 is 2.00 bits per heavy atom. The van der Waals surface area contributed by atoms with Crippen molar-refractivity contribution < 1.29 is 13.2 Å². The summed E-state index contributed by atoms with van der Waals surface area (Å²) in [5, 5.41) is 7.11. The number of anilines is 1. The van der Waals surface area contributed by atoms with E-state index in [9.17, 15) is 13.2 Å². The molecule has 2 rings (SSSR count). The van der Waals surface area contributed by atoms with Crippen molar-refractivity contribution in [3.05, 3.63) is 41.3 Å². The molecular formula is C13H16N2O3S. The van der Waals surface area contributed by atoms with Gasteiger partial charge in [0.1, 0.15) is 0 Å². The summed E-state index contributed by atoms with van der Waals surface area (Å²) in [5.74, 6) is 0.0175. The first-order valence-electron chi connectivity index (χ1n) is 5.95. The van der Waals surface area contributed by atoms with Crippen molar-refractivity contribution in [3.63, 3.8) is 0 Å². The van der Waals surface area contributed by atoms with Crippen molar-refractivity contribution in [2.75, 3.05) is 11.1 Å². The van der Waals surface area contributed by atoms with Crippen LogP contribution in [0.3, 0.4) is 0 Å². The van der Waals surface area contributed by atoms with Gasteiger partial charge in [-0.2, -0.15) is 0 Å². The van der Waals surface area contributed by atoms with Crippen molar-refractivity contribution in [1.29, 1.82) is 0 Å². The molecule has 1 unspecified atom stereocenters. The van der Waals surface area contributed by atoms with Crippen molar-refractivity contribution in [2.45, 2.75) is 19.5 Å². The molecule has 0 radical (unpaired) electrons. The van der Waals surface area contributed by atoms with Gasteiger partial charge in [0.25, 0.3) is 0 Å². The average molecular weight is 280 g/mol. The van der Waals surface area contributed by atoms with Crippen LogP contribution in [0.15, 0.2) is 35.7 Å². The van der Waals surface area contributed by atoms with Crippen LogP contribution in [0.25, 0.3) is 0 Å². The molecule has 19 heavy (non-hydrogen) atoms. The minimum absolute atomic E-state index is 0.104. The molecule has 1 atom stereocenters. The molecule has 102 valence electrons. The SMILES string of the molecule is CC(=O)Nc1ccc(CNC2C=CS(=O)(=O)C2)cc1. The molecule has 0 spiro atoms. The van der Waals surface area contributed by atoms with Crippen LogP contribution in [-0.4, -0.2) is 26.1 Å². The fourth-order valence-electron chi connectivity index (χ4n) is 1.86. The minimum atomic E-state index is -3.01. The normalized spacial score (nSPS) is 20.4. The van der Waals surface area contributed by atoms with Gasteiger partial charge in [0.2, 0.25) is 5.91 Å². The first kappa shape index (κ1) is 13.8. The van der Waals surface area contributed by atoms with E-state index < -0.39 is 9.84 Å². The number of carbonyl (C=O) groups excluding carboxylic acids is 1.